The van der Waals surface area contributed by atoms with Gasteiger partial charge >= 0.3 is 0 Å². The molecule has 0 bridgehead atoms. The molecule has 2 aromatic heterocycles. The highest BCUT2D eigenvalue weighted by Gasteiger charge is 2.16. The van der Waals surface area contributed by atoms with Crippen LogP contribution in [0, 0.1) is 11.3 Å². The molecule has 8 nitrogen and oxygen atoms in total. The van der Waals surface area contributed by atoms with E-state index >= 15 is 0 Å². The summed E-state index contributed by atoms with van der Waals surface area (Å²) in [6.07, 6.45) is 1.55. The maximum Gasteiger partial charge on any atom is 0.175 e. The maximum atomic E-state index is 9.47. The molecule has 0 radical (unpaired) electrons. The zero-order valence-electron chi connectivity index (χ0n) is 17.7. The van der Waals surface area contributed by atoms with Gasteiger partial charge in [0, 0.05) is 61.9 Å². The zero-order valence-corrected chi connectivity index (χ0v) is 19.2. The summed E-state index contributed by atoms with van der Waals surface area (Å²) in [5, 5.41) is 17.3. The van der Waals surface area contributed by atoms with Crippen molar-refractivity contribution in [3.05, 3.63) is 47.8 Å². The Morgan fingerprint density at radius 2 is 1.84 bits per heavy atom. The van der Waals surface area contributed by atoms with E-state index in [2.05, 4.69) is 26.3 Å². The molecule has 0 amide bonds. The molecule has 1 aromatic carbocycles. The van der Waals surface area contributed by atoms with E-state index in [1.165, 1.54) is 0 Å². The fourth-order valence-electron chi connectivity index (χ4n) is 3.73. The molecule has 1 fully saturated rings. The molecule has 168 valence electrons. The first-order chi connectivity index (χ1) is 15.7. The standard InChI is InChI=1S/C22H25Cl2N7O/c23-5-7-30(8-6-24)20-3-1-18(2-4-20)27-21-13-19(16-29-9-11-32-12-10-29)28-22-17(14-25)15-26-31(21)22/h1-4,13,15,27H,5-12,16H2. The molecular weight excluding hydrogens is 449 g/mol. The van der Waals surface area contributed by atoms with Gasteiger partial charge in [-0.25, -0.2) is 4.98 Å². The summed E-state index contributed by atoms with van der Waals surface area (Å²) in [6, 6.07) is 12.3. The predicted octanol–water partition coefficient (Wildman–Crippen LogP) is 3.46. The summed E-state index contributed by atoms with van der Waals surface area (Å²) in [4.78, 5) is 9.16. The summed E-state index contributed by atoms with van der Waals surface area (Å²) in [5.74, 6) is 1.84. The molecule has 0 aliphatic carbocycles. The average Bonchev–Trinajstić information content (AvgIpc) is 3.23. The second kappa shape index (κ2) is 10.8. The van der Waals surface area contributed by atoms with Crippen LogP contribution >= 0.6 is 23.2 Å². The van der Waals surface area contributed by atoms with Crippen LogP contribution in [0.4, 0.5) is 17.2 Å². The number of nitriles is 1. The normalized spacial score (nSPS) is 14.4. The number of ether oxygens (including phenoxy) is 1. The van der Waals surface area contributed by atoms with Crippen molar-refractivity contribution in [1.29, 1.82) is 5.26 Å². The summed E-state index contributed by atoms with van der Waals surface area (Å²) >= 11 is 11.9. The second-order valence-electron chi connectivity index (χ2n) is 7.46. The average molecular weight is 474 g/mol. The number of halogens is 2. The minimum atomic E-state index is 0.449. The van der Waals surface area contributed by atoms with Gasteiger partial charge in [0.15, 0.2) is 5.65 Å². The third-order valence-corrected chi connectivity index (χ3v) is 5.69. The van der Waals surface area contributed by atoms with Crippen LogP contribution in [0.15, 0.2) is 36.5 Å². The minimum absolute atomic E-state index is 0.449. The number of nitrogens with zero attached hydrogens (tertiary/aromatic N) is 6. The summed E-state index contributed by atoms with van der Waals surface area (Å²) in [7, 11) is 0. The molecule has 3 heterocycles. The van der Waals surface area contributed by atoms with E-state index in [9.17, 15) is 5.26 Å². The fraction of sp³-hybridized carbons (Fsp3) is 0.409. The van der Waals surface area contributed by atoms with Gasteiger partial charge in [-0.15, -0.1) is 23.2 Å². The highest BCUT2D eigenvalue weighted by atomic mass is 35.5. The van der Waals surface area contributed by atoms with Crippen molar-refractivity contribution < 1.29 is 4.74 Å². The van der Waals surface area contributed by atoms with Gasteiger partial charge in [-0.2, -0.15) is 14.9 Å². The molecule has 1 N–H and O–H groups in total. The quantitative estimate of drug-likeness (QED) is 0.476. The van der Waals surface area contributed by atoms with Crippen molar-refractivity contribution in [2.45, 2.75) is 6.54 Å². The Bertz CT molecular complexity index is 1070. The van der Waals surface area contributed by atoms with Crippen LogP contribution in [0.1, 0.15) is 11.3 Å². The molecule has 1 aliphatic rings. The molecule has 1 saturated heterocycles. The lowest BCUT2D eigenvalue weighted by atomic mass is 10.2. The third kappa shape index (κ3) is 5.25. The number of fused-ring (bicyclic) bond motifs is 1. The molecule has 0 saturated carbocycles. The van der Waals surface area contributed by atoms with E-state index in [1.54, 1.807) is 10.7 Å². The number of hydrogen-bond donors (Lipinski definition) is 1. The molecule has 0 spiro atoms. The lowest BCUT2D eigenvalue weighted by Gasteiger charge is -2.26. The number of rotatable bonds is 9. The fourth-order valence-corrected chi connectivity index (χ4v) is 4.14. The van der Waals surface area contributed by atoms with Gasteiger partial charge in [-0.1, -0.05) is 0 Å². The van der Waals surface area contributed by atoms with Crippen LogP contribution < -0.4 is 10.2 Å². The van der Waals surface area contributed by atoms with Gasteiger partial charge in [-0.05, 0) is 24.3 Å². The topological polar surface area (TPSA) is 81.7 Å². The Morgan fingerprint density at radius 1 is 1.12 bits per heavy atom. The first-order valence-electron chi connectivity index (χ1n) is 10.5. The molecule has 0 atom stereocenters. The van der Waals surface area contributed by atoms with Crippen LogP contribution in [0.3, 0.4) is 0 Å². The van der Waals surface area contributed by atoms with E-state index in [0.29, 0.717) is 29.5 Å². The van der Waals surface area contributed by atoms with Gasteiger partial charge in [0.2, 0.25) is 0 Å². The molecule has 4 rings (SSSR count). The number of nitrogens with one attached hydrogen (secondary N) is 1. The number of aromatic nitrogens is 3. The maximum absolute atomic E-state index is 9.47. The Labute approximate surface area is 197 Å². The molecule has 0 unspecified atom stereocenters. The second-order valence-corrected chi connectivity index (χ2v) is 8.22. The number of benzene rings is 1. The van der Waals surface area contributed by atoms with Crippen molar-refractivity contribution in [1.82, 2.24) is 19.5 Å². The Hall–Kier alpha value is -2.57. The van der Waals surface area contributed by atoms with Crippen LogP contribution in [0.5, 0.6) is 0 Å². The summed E-state index contributed by atoms with van der Waals surface area (Å²) < 4.78 is 7.11. The predicted molar refractivity (Wildman–Crippen MR) is 127 cm³/mol. The SMILES string of the molecule is N#Cc1cnn2c(Nc3ccc(N(CCCl)CCCl)cc3)cc(CN3CCOCC3)nc12. The molecular formula is C22H25Cl2N7O. The van der Waals surface area contributed by atoms with Crippen LogP contribution in [-0.2, 0) is 11.3 Å². The summed E-state index contributed by atoms with van der Waals surface area (Å²) in [6.45, 7) is 5.34. The van der Waals surface area contributed by atoms with E-state index in [4.69, 9.17) is 32.9 Å². The molecule has 10 heteroatoms. The van der Waals surface area contributed by atoms with Gasteiger partial charge in [-0.3, -0.25) is 4.90 Å². The summed E-state index contributed by atoms with van der Waals surface area (Å²) in [5.41, 5.74) is 3.85. The van der Waals surface area contributed by atoms with Crippen LogP contribution in [0.25, 0.3) is 5.65 Å². The molecule has 1 aliphatic heterocycles. The van der Waals surface area contributed by atoms with E-state index in [-0.39, 0.29) is 0 Å². The van der Waals surface area contributed by atoms with Gasteiger partial charge in [0.05, 0.1) is 25.1 Å². The van der Waals surface area contributed by atoms with E-state index in [1.807, 2.05) is 30.3 Å². The number of alkyl halides is 2. The lowest BCUT2D eigenvalue weighted by molar-refractivity contribution is 0.0337. The molecule has 32 heavy (non-hydrogen) atoms. The van der Waals surface area contributed by atoms with E-state index in [0.717, 1.165) is 62.3 Å². The van der Waals surface area contributed by atoms with Crippen molar-refractivity contribution in [2.24, 2.45) is 0 Å². The van der Waals surface area contributed by atoms with Crippen LogP contribution in [-0.4, -0.2) is 70.7 Å². The van der Waals surface area contributed by atoms with Crippen molar-refractivity contribution in [3.8, 4) is 6.07 Å². The Morgan fingerprint density at radius 3 is 2.50 bits per heavy atom. The Kier molecular flexibility index (Phi) is 7.66. The molecule has 3 aromatic rings. The first-order valence-corrected chi connectivity index (χ1v) is 11.6. The van der Waals surface area contributed by atoms with Gasteiger partial charge in [0.1, 0.15) is 17.5 Å². The smallest absolute Gasteiger partial charge is 0.175 e. The first kappa shape index (κ1) is 22.6. The largest absolute Gasteiger partial charge is 0.379 e. The van der Waals surface area contributed by atoms with Gasteiger partial charge < -0.3 is 15.0 Å². The van der Waals surface area contributed by atoms with Gasteiger partial charge in [0.25, 0.3) is 0 Å². The zero-order chi connectivity index (χ0) is 22.3. The van der Waals surface area contributed by atoms with Crippen molar-refractivity contribution in [2.75, 3.05) is 61.4 Å². The number of morpholine rings is 1. The third-order valence-electron chi connectivity index (χ3n) is 5.35. The lowest BCUT2D eigenvalue weighted by Crippen LogP contribution is -2.35. The minimum Gasteiger partial charge on any atom is -0.379 e. The van der Waals surface area contributed by atoms with Crippen LogP contribution in [0.2, 0.25) is 0 Å². The number of hydrogen-bond acceptors (Lipinski definition) is 7. The number of anilines is 3. The Balaban J connectivity index is 1.60. The van der Waals surface area contributed by atoms with Crippen molar-refractivity contribution in [3.63, 3.8) is 0 Å². The van der Waals surface area contributed by atoms with E-state index < -0.39 is 0 Å². The van der Waals surface area contributed by atoms with Crippen molar-refractivity contribution >= 4 is 46.0 Å². The monoisotopic (exact) mass is 473 g/mol. The highest BCUT2D eigenvalue weighted by Crippen LogP contribution is 2.24. The highest BCUT2D eigenvalue weighted by molar-refractivity contribution is 6.18.